The second-order valence-electron chi connectivity index (χ2n) is 10.8. The fraction of sp³-hybridized carbons (Fsp3) is 0.955. The molecule has 0 bridgehead atoms. The van der Waals surface area contributed by atoms with E-state index in [1.165, 1.54) is 0 Å². The molecule has 0 radical (unpaired) electrons. The van der Waals surface area contributed by atoms with Crippen LogP contribution in [0.15, 0.2) is 0 Å². The lowest BCUT2D eigenvalue weighted by Crippen LogP contribution is -2.62. The van der Waals surface area contributed by atoms with Crippen molar-refractivity contribution in [1.82, 2.24) is 0 Å². The van der Waals surface area contributed by atoms with E-state index in [-0.39, 0.29) is 29.6 Å². The van der Waals surface area contributed by atoms with Crippen LogP contribution in [0.2, 0.25) is 0 Å². The molecule has 27 heavy (non-hydrogen) atoms. The summed E-state index contributed by atoms with van der Waals surface area (Å²) in [5, 5.41) is 10.8. The third-order valence-corrected chi connectivity index (χ3v) is 9.79. The van der Waals surface area contributed by atoms with Crippen LogP contribution in [0, 0.1) is 46.3 Å². The van der Waals surface area contributed by atoms with Crippen LogP contribution in [-0.2, 0) is 4.79 Å². The number of fused-ring (bicyclic) bond motifs is 5. The Morgan fingerprint density at radius 1 is 1.07 bits per heavy atom. The van der Waals surface area contributed by atoms with Gasteiger partial charge in [0.1, 0.15) is 5.78 Å². The average molecular weight is 386 g/mol. The highest BCUT2D eigenvalue weighted by Crippen LogP contribution is 2.71. The van der Waals surface area contributed by atoms with Crippen molar-refractivity contribution in [3.8, 4) is 0 Å². The molecule has 5 heteroatoms. The quantitative estimate of drug-likeness (QED) is 0.607. The van der Waals surface area contributed by atoms with Gasteiger partial charge in [0.2, 0.25) is 0 Å². The summed E-state index contributed by atoms with van der Waals surface area (Å²) in [7, 11) is 0. The lowest BCUT2D eigenvalue weighted by atomic mass is 9.42. The molecule has 0 aromatic heterocycles. The minimum Gasteiger partial charge on any atom is -0.380 e. The zero-order chi connectivity index (χ0) is 20.0. The number of carbonyl (C=O) groups is 1. The van der Waals surface area contributed by atoms with E-state index in [0.29, 0.717) is 42.8 Å². The summed E-state index contributed by atoms with van der Waals surface area (Å²) in [5.41, 5.74) is -3.59. The number of hydrogen-bond donors (Lipinski definition) is 1. The van der Waals surface area contributed by atoms with E-state index in [2.05, 4.69) is 13.8 Å². The van der Waals surface area contributed by atoms with E-state index in [4.69, 9.17) is 0 Å². The van der Waals surface area contributed by atoms with Crippen LogP contribution in [0.1, 0.15) is 72.6 Å². The topological polar surface area (TPSA) is 37.3 Å². The zero-order valence-corrected chi connectivity index (χ0v) is 16.9. The fourth-order valence-corrected chi connectivity index (χ4v) is 8.27. The molecule has 4 fully saturated rings. The van der Waals surface area contributed by atoms with Gasteiger partial charge in [0.05, 0.1) is 0 Å². The molecule has 0 heterocycles. The van der Waals surface area contributed by atoms with Gasteiger partial charge in [-0.25, -0.2) is 0 Å². The molecule has 9 atom stereocenters. The normalized spacial score (nSPS) is 55.6. The number of alkyl halides is 3. The van der Waals surface area contributed by atoms with Gasteiger partial charge in [-0.05, 0) is 73.5 Å². The van der Waals surface area contributed by atoms with Crippen molar-refractivity contribution in [2.24, 2.45) is 46.3 Å². The first-order valence-corrected chi connectivity index (χ1v) is 10.7. The van der Waals surface area contributed by atoms with Crippen molar-refractivity contribution >= 4 is 5.78 Å². The molecule has 0 aliphatic heterocycles. The van der Waals surface area contributed by atoms with Gasteiger partial charge in [0.15, 0.2) is 5.60 Å². The molecule has 0 saturated heterocycles. The number of halogens is 3. The predicted molar refractivity (Wildman–Crippen MR) is 96.8 cm³/mol. The summed E-state index contributed by atoms with van der Waals surface area (Å²) in [6, 6.07) is 0. The van der Waals surface area contributed by atoms with Gasteiger partial charge in [-0.1, -0.05) is 27.7 Å². The fourth-order valence-electron chi connectivity index (χ4n) is 8.27. The molecule has 1 N–H and O–H groups in total. The van der Waals surface area contributed by atoms with Crippen LogP contribution in [-0.4, -0.2) is 22.7 Å². The van der Waals surface area contributed by atoms with Crippen LogP contribution >= 0.6 is 0 Å². The van der Waals surface area contributed by atoms with Gasteiger partial charge in [-0.3, -0.25) is 4.79 Å². The van der Waals surface area contributed by atoms with Crippen LogP contribution in [0.3, 0.4) is 0 Å². The molecule has 2 nitrogen and oxygen atoms in total. The highest BCUT2D eigenvalue weighted by molar-refractivity contribution is 5.82. The first kappa shape index (κ1) is 19.7. The second-order valence-corrected chi connectivity index (χ2v) is 10.8. The van der Waals surface area contributed by atoms with Crippen LogP contribution in [0.4, 0.5) is 13.2 Å². The Bertz CT molecular complexity index is 646. The largest absolute Gasteiger partial charge is 0.417 e. The summed E-state index contributed by atoms with van der Waals surface area (Å²) < 4.78 is 41.5. The molecular formula is C22H33F3O2. The van der Waals surface area contributed by atoms with Gasteiger partial charge < -0.3 is 5.11 Å². The van der Waals surface area contributed by atoms with E-state index in [1.807, 2.05) is 6.92 Å². The lowest BCUT2D eigenvalue weighted by molar-refractivity contribution is -0.305. The molecule has 0 amide bonds. The number of Topliss-reactive ketones (excluding diaryl/α,β-unsaturated/α-hetero) is 1. The minimum atomic E-state index is -4.57. The Labute approximate surface area is 160 Å². The van der Waals surface area contributed by atoms with Gasteiger partial charge in [0.25, 0.3) is 0 Å². The Morgan fingerprint density at radius 3 is 2.33 bits per heavy atom. The summed E-state index contributed by atoms with van der Waals surface area (Å²) in [6.07, 6.45) is -0.639. The second kappa shape index (κ2) is 5.73. The van der Waals surface area contributed by atoms with E-state index >= 15 is 0 Å². The van der Waals surface area contributed by atoms with Crippen LogP contribution < -0.4 is 0 Å². The molecule has 0 spiro atoms. The molecule has 4 rings (SSSR count). The number of rotatable bonds is 0. The highest BCUT2D eigenvalue weighted by atomic mass is 19.4. The Morgan fingerprint density at radius 2 is 1.70 bits per heavy atom. The van der Waals surface area contributed by atoms with Gasteiger partial charge in [0, 0.05) is 17.8 Å². The zero-order valence-electron chi connectivity index (χ0n) is 16.9. The maximum atomic E-state index is 13.8. The minimum absolute atomic E-state index is 0.0464. The van der Waals surface area contributed by atoms with E-state index < -0.39 is 17.2 Å². The van der Waals surface area contributed by atoms with Crippen LogP contribution in [0.5, 0.6) is 0 Å². The third kappa shape index (κ3) is 2.39. The van der Waals surface area contributed by atoms with Crippen molar-refractivity contribution in [2.45, 2.75) is 84.4 Å². The predicted octanol–water partition coefficient (Wildman–Crippen LogP) is 5.38. The van der Waals surface area contributed by atoms with Gasteiger partial charge in [-0.15, -0.1) is 0 Å². The summed E-state index contributed by atoms with van der Waals surface area (Å²) in [5.74, 6) is 1.61. The molecule has 4 aliphatic rings. The number of aliphatic hydroxyl groups is 1. The van der Waals surface area contributed by atoms with Gasteiger partial charge >= 0.3 is 6.18 Å². The van der Waals surface area contributed by atoms with E-state index in [9.17, 15) is 23.1 Å². The SMILES string of the molecule is CC1C[C@]2(C)C3CC[C@@]4(C)C(CC[C@@]4(O)C(F)(F)F)C3C(C)C[C@@H]2CC1=O. The molecular weight excluding hydrogens is 353 g/mol. The van der Waals surface area contributed by atoms with Crippen molar-refractivity contribution in [2.75, 3.05) is 0 Å². The summed E-state index contributed by atoms with van der Waals surface area (Å²) >= 11 is 0. The van der Waals surface area contributed by atoms with Crippen LogP contribution in [0.25, 0.3) is 0 Å². The Balaban J connectivity index is 1.71. The lowest BCUT2D eigenvalue weighted by Gasteiger charge is -2.63. The molecule has 4 aliphatic carbocycles. The highest BCUT2D eigenvalue weighted by Gasteiger charge is 2.73. The Hall–Kier alpha value is -0.580. The maximum Gasteiger partial charge on any atom is 0.417 e. The molecule has 5 unspecified atom stereocenters. The van der Waals surface area contributed by atoms with E-state index in [0.717, 1.165) is 19.3 Å². The van der Waals surface area contributed by atoms with Crippen molar-refractivity contribution in [3.05, 3.63) is 0 Å². The number of hydrogen-bond acceptors (Lipinski definition) is 2. The van der Waals surface area contributed by atoms with Gasteiger partial charge in [-0.2, -0.15) is 13.2 Å². The molecule has 0 aromatic carbocycles. The molecule has 154 valence electrons. The standard InChI is InChI=1S/C22H33F3O2/c1-12-9-14-10-17(26)13(2)11-19(14,3)15-5-7-20(4)16(18(12)15)6-8-21(20,27)22(23,24)25/h12-16,18,27H,5-11H2,1-4H3/t12?,13?,14-,15?,16?,18?,19+,20+,21+/m1/s1. The molecule has 0 aromatic rings. The molecule has 4 saturated carbocycles. The first-order chi connectivity index (χ1) is 12.3. The smallest absolute Gasteiger partial charge is 0.380 e. The summed E-state index contributed by atoms with van der Waals surface area (Å²) in [6.45, 7) is 8.19. The Kier molecular flexibility index (Phi) is 4.19. The maximum absolute atomic E-state index is 13.8. The first-order valence-electron chi connectivity index (χ1n) is 10.7. The number of ketones is 1. The number of carbonyl (C=O) groups excluding carboxylic acids is 1. The van der Waals surface area contributed by atoms with E-state index in [1.54, 1.807) is 6.92 Å². The summed E-state index contributed by atoms with van der Waals surface area (Å²) in [4.78, 5) is 12.3. The average Bonchev–Trinajstić information content (AvgIpc) is 2.83. The van der Waals surface area contributed by atoms with Crippen molar-refractivity contribution < 1.29 is 23.1 Å². The van der Waals surface area contributed by atoms with Crippen molar-refractivity contribution in [3.63, 3.8) is 0 Å². The monoisotopic (exact) mass is 386 g/mol. The third-order valence-electron chi connectivity index (χ3n) is 9.79. The van der Waals surface area contributed by atoms with Crippen molar-refractivity contribution in [1.29, 1.82) is 0 Å².